The lowest BCUT2D eigenvalue weighted by Gasteiger charge is -2.15. The average molecular weight is 442 g/mol. The Kier molecular flexibility index (Phi) is 5.47. The van der Waals surface area contributed by atoms with E-state index in [1.807, 2.05) is 0 Å². The minimum absolute atomic E-state index is 0.355. The number of rotatable bonds is 5. The van der Waals surface area contributed by atoms with E-state index in [4.69, 9.17) is 4.74 Å². The summed E-state index contributed by atoms with van der Waals surface area (Å²) in [4.78, 5) is 16.0. The molecule has 4 aromatic rings. The van der Waals surface area contributed by atoms with Crippen LogP contribution >= 0.6 is 11.3 Å². The molecule has 0 amide bonds. The third kappa shape index (κ3) is 3.89. The van der Waals surface area contributed by atoms with E-state index in [0.29, 0.717) is 26.8 Å². The number of anilines is 2. The van der Waals surface area contributed by atoms with Crippen LogP contribution in [-0.2, 0) is 15.6 Å². The largest absolute Gasteiger partial charge is 0.465 e. The van der Waals surface area contributed by atoms with E-state index >= 15 is 0 Å². The van der Waals surface area contributed by atoms with Crippen LogP contribution < -0.4 is 4.31 Å². The number of aromatic nitrogens is 1. The zero-order valence-corrected chi connectivity index (χ0v) is 17.3. The summed E-state index contributed by atoms with van der Waals surface area (Å²) in [7, 11) is -1.67. The number of methoxy groups -OCH3 is 1. The zero-order valence-electron chi connectivity index (χ0n) is 15.6. The summed E-state index contributed by atoms with van der Waals surface area (Å²) < 4.78 is 43.1. The number of ether oxygens (including phenoxy) is 1. The number of thiazole rings is 1. The predicted molar refractivity (Wildman–Crippen MR) is 115 cm³/mol. The van der Waals surface area contributed by atoms with E-state index in [0.717, 1.165) is 10.8 Å². The smallest absolute Gasteiger partial charge is 0.337 e. The molecule has 4 rings (SSSR count). The van der Waals surface area contributed by atoms with Crippen molar-refractivity contribution >= 4 is 49.7 Å². The number of nitrogens with zero attached hydrogens (tertiary/aromatic N) is 2. The van der Waals surface area contributed by atoms with Crippen molar-refractivity contribution in [2.75, 3.05) is 11.4 Å². The van der Waals surface area contributed by atoms with Gasteiger partial charge in [0, 0.05) is 5.56 Å². The number of benzene rings is 3. The SMILES string of the molecule is COC(=O)c1ccc2cc(N(c3cnc(-c4ccc(F)cc4)s3)[SH](=O)=O)ccc2c1. The molecule has 3 aromatic carbocycles. The Hall–Kier alpha value is -3.30. The second-order valence-corrected chi connectivity index (χ2v) is 8.18. The summed E-state index contributed by atoms with van der Waals surface area (Å²) in [6.45, 7) is 0. The van der Waals surface area contributed by atoms with Crippen molar-refractivity contribution in [3.8, 4) is 10.6 Å². The van der Waals surface area contributed by atoms with Gasteiger partial charge >= 0.3 is 5.97 Å². The molecule has 30 heavy (non-hydrogen) atoms. The maximum atomic E-state index is 13.1. The summed E-state index contributed by atoms with van der Waals surface area (Å²) in [6, 6.07) is 16.0. The van der Waals surface area contributed by atoms with Gasteiger partial charge in [0.2, 0.25) is 10.9 Å². The van der Waals surface area contributed by atoms with Crippen molar-refractivity contribution in [3.05, 3.63) is 78.2 Å². The monoisotopic (exact) mass is 442 g/mol. The Morgan fingerprint density at radius 1 is 1.03 bits per heavy atom. The van der Waals surface area contributed by atoms with Crippen LogP contribution in [0.5, 0.6) is 0 Å². The topological polar surface area (TPSA) is 76.6 Å². The van der Waals surface area contributed by atoms with Crippen LogP contribution in [0, 0.1) is 5.82 Å². The number of fused-ring (bicyclic) bond motifs is 1. The van der Waals surface area contributed by atoms with Gasteiger partial charge in [-0.25, -0.2) is 26.9 Å². The lowest BCUT2D eigenvalue weighted by atomic mass is 10.1. The summed E-state index contributed by atoms with van der Waals surface area (Å²) in [5.74, 6) is -0.797. The third-order valence-electron chi connectivity index (χ3n) is 4.45. The van der Waals surface area contributed by atoms with Crippen LogP contribution in [0.25, 0.3) is 21.3 Å². The molecule has 0 radical (unpaired) electrons. The minimum Gasteiger partial charge on any atom is -0.465 e. The molecule has 0 bridgehead atoms. The first-order valence-corrected chi connectivity index (χ1v) is 10.7. The molecular formula is C21H15FN2O4S2. The van der Waals surface area contributed by atoms with Gasteiger partial charge in [0.05, 0.1) is 24.6 Å². The van der Waals surface area contributed by atoms with Gasteiger partial charge in [-0.1, -0.05) is 23.5 Å². The molecule has 0 atom stereocenters. The average Bonchev–Trinajstić information content (AvgIpc) is 3.22. The number of carbonyl (C=O) groups excluding carboxylic acids is 1. The van der Waals surface area contributed by atoms with E-state index in [1.54, 1.807) is 48.5 Å². The molecule has 152 valence electrons. The highest BCUT2D eigenvalue weighted by molar-refractivity contribution is 7.74. The highest BCUT2D eigenvalue weighted by Gasteiger charge is 2.17. The quantitative estimate of drug-likeness (QED) is 0.362. The highest BCUT2D eigenvalue weighted by atomic mass is 32.2. The van der Waals surface area contributed by atoms with Crippen molar-refractivity contribution in [2.45, 2.75) is 0 Å². The van der Waals surface area contributed by atoms with Gasteiger partial charge in [-0.3, -0.25) is 0 Å². The molecule has 0 unspecified atom stereocenters. The molecule has 0 N–H and O–H groups in total. The number of esters is 1. The lowest BCUT2D eigenvalue weighted by Crippen LogP contribution is -2.12. The van der Waals surface area contributed by atoms with Gasteiger partial charge in [0.1, 0.15) is 15.8 Å². The van der Waals surface area contributed by atoms with E-state index in [1.165, 1.54) is 41.1 Å². The molecule has 0 aliphatic carbocycles. The van der Waals surface area contributed by atoms with Gasteiger partial charge in [0.25, 0.3) is 0 Å². The van der Waals surface area contributed by atoms with Crippen LogP contribution in [0.4, 0.5) is 15.1 Å². The van der Waals surface area contributed by atoms with Crippen LogP contribution in [0.2, 0.25) is 0 Å². The van der Waals surface area contributed by atoms with Gasteiger partial charge in [-0.2, -0.15) is 0 Å². The van der Waals surface area contributed by atoms with Crippen LogP contribution in [-0.4, -0.2) is 26.5 Å². The van der Waals surface area contributed by atoms with Crippen LogP contribution in [0.15, 0.2) is 66.9 Å². The fraction of sp³-hybridized carbons (Fsp3) is 0.0476. The van der Waals surface area contributed by atoms with Gasteiger partial charge < -0.3 is 4.74 Å². The molecule has 0 saturated heterocycles. The molecule has 0 aliphatic rings. The van der Waals surface area contributed by atoms with Crippen LogP contribution in [0.3, 0.4) is 0 Å². The Bertz CT molecular complexity index is 1310. The molecule has 1 aromatic heterocycles. The minimum atomic E-state index is -2.98. The van der Waals surface area contributed by atoms with Gasteiger partial charge in [-0.05, 0) is 59.3 Å². The Morgan fingerprint density at radius 2 is 1.73 bits per heavy atom. The van der Waals surface area contributed by atoms with Gasteiger partial charge in [0.15, 0.2) is 0 Å². The third-order valence-corrected chi connectivity index (χ3v) is 6.39. The molecule has 0 fully saturated rings. The van der Waals surface area contributed by atoms with E-state index in [2.05, 4.69) is 4.98 Å². The van der Waals surface area contributed by atoms with E-state index in [-0.39, 0.29) is 5.82 Å². The maximum absolute atomic E-state index is 13.1. The first-order valence-electron chi connectivity index (χ1n) is 8.74. The second-order valence-electron chi connectivity index (χ2n) is 6.30. The molecule has 0 saturated carbocycles. The first-order chi connectivity index (χ1) is 14.5. The summed E-state index contributed by atoms with van der Waals surface area (Å²) in [6.07, 6.45) is 1.47. The highest BCUT2D eigenvalue weighted by Crippen LogP contribution is 2.36. The fourth-order valence-corrected chi connectivity index (χ4v) is 4.70. The fourth-order valence-electron chi connectivity index (χ4n) is 3.00. The first kappa shape index (κ1) is 20.0. The Balaban J connectivity index is 1.72. The van der Waals surface area contributed by atoms with Gasteiger partial charge in [-0.15, -0.1) is 0 Å². The van der Waals surface area contributed by atoms with Crippen molar-refractivity contribution in [2.24, 2.45) is 0 Å². The summed E-state index contributed by atoms with van der Waals surface area (Å²) >= 11 is 1.19. The summed E-state index contributed by atoms with van der Waals surface area (Å²) in [5, 5.41) is 2.54. The van der Waals surface area contributed by atoms with Crippen LogP contribution in [0.1, 0.15) is 10.4 Å². The van der Waals surface area contributed by atoms with Crippen molar-refractivity contribution in [3.63, 3.8) is 0 Å². The molecule has 0 aliphatic heterocycles. The summed E-state index contributed by atoms with van der Waals surface area (Å²) in [5.41, 5.74) is 1.55. The number of hydrogen-bond donors (Lipinski definition) is 1. The van der Waals surface area contributed by atoms with E-state index < -0.39 is 16.9 Å². The van der Waals surface area contributed by atoms with Crippen molar-refractivity contribution in [1.29, 1.82) is 0 Å². The number of hydrogen-bond acceptors (Lipinski definition) is 6. The zero-order chi connectivity index (χ0) is 21.3. The molecule has 6 nitrogen and oxygen atoms in total. The standard InChI is InChI=1S/C21H15FN2O4S2/c1-28-21(25)16-3-2-15-11-18(9-6-14(15)10-16)24(30(26)27)19-12-23-20(29-19)13-4-7-17(22)8-5-13/h2-12,30H,1H3. The maximum Gasteiger partial charge on any atom is 0.337 e. The van der Waals surface area contributed by atoms with Crippen molar-refractivity contribution in [1.82, 2.24) is 4.98 Å². The Labute approximate surface area is 177 Å². The normalized spacial score (nSPS) is 11.0. The molecule has 0 spiro atoms. The second kappa shape index (κ2) is 8.21. The van der Waals surface area contributed by atoms with E-state index in [9.17, 15) is 17.6 Å². The molecular weight excluding hydrogens is 427 g/mol. The molecule has 1 heterocycles. The molecule has 9 heteroatoms. The predicted octanol–water partition coefficient (Wildman–Crippen LogP) is 4.55. The lowest BCUT2D eigenvalue weighted by molar-refractivity contribution is 0.0601. The Morgan fingerprint density at radius 3 is 2.43 bits per heavy atom. The number of halogens is 1. The number of thiol groups is 1. The number of carbonyl (C=O) groups is 1. The van der Waals surface area contributed by atoms with Crippen molar-refractivity contribution < 1.29 is 22.3 Å².